The summed E-state index contributed by atoms with van der Waals surface area (Å²) >= 11 is 1.08. The summed E-state index contributed by atoms with van der Waals surface area (Å²) in [6.45, 7) is 1.86. The van der Waals surface area contributed by atoms with Crippen LogP contribution in [0.3, 0.4) is 0 Å². The highest BCUT2D eigenvalue weighted by Crippen LogP contribution is 2.32. The number of nitrogens with one attached hydrogen (secondary N) is 1. The first-order chi connectivity index (χ1) is 10.9. The number of halogens is 1. The Labute approximate surface area is 135 Å². The number of nitrogen functional groups attached to an aromatic ring is 1. The molecule has 2 aromatic heterocycles. The van der Waals surface area contributed by atoms with E-state index in [4.69, 9.17) is 5.73 Å². The van der Waals surface area contributed by atoms with Crippen molar-refractivity contribution < 1.29 is 9.18 Å². The maximum Gasteiger partial charge on any atom is 0.277 e. The first-order valence-electron chi connectivity index (χ1n) is 6.77. The molecule has 3 rings (SSSR count). The molecule has 0 atom stereocenters. The third-order valence-corrected chi connectivity index (χ3v) is 4.10. The van der Waals surface area contributed by atoms with Crippen molar-refractivity contribution in [3.8, 4) is 10.6 Å². The van der Waals surface area contributed by atoms with E-state index in [-0.39, 0.29) is 10.7 Å². The molecule has 1 amide bonds. The smallest absolute Gasteiger partial charge is 0.277 e. The van der Waals surface area contributed by atoms with Crippen molar-refractivity contribution in [1.29, 1.82) is 0 Å². The summed E-state index contributed by atoms with van der Waals surface area (Å²) in [5.41, 5.74) is 7.73. The Hall–Kier alpha value is -2.74. The van der Waals surface area contributed by atoms with Crippen molar-refractivity contribution in [1.82, 2.24) is 14.8 Å². The number of carbonyl (C=O) groups excluding carboxylic acids is 1. The number of benzene rings is 1. The second kappa shape index (κ2) is 5.81. The van der Waals surface area contributed by atoms with Gasteiger partial charge in [0, 0.05) is 18.8 Å². The van der Waals surface area contributed by atoms with Gasteiger partial charge in [0.25, 0.3) is 5.91 Å². The van der Waals surface area contributed by atoms with E-state index < -0.39 is 11.7 Å². The maximum atomic E-state index is 14.0. The number of thiazole rings is 1. The standard InChI is InChI=1S/C15H14FN5OS/c1-8-3-4-11(16)10(5-8)15-20-12(13(17)23-15)14(22)19-9-6-18-21(2)7-9/h3-7H,17H2,1-2H3,(H,19,22). The molecule has 0 aliphatic carbocycles. The van der Waals surface area contributed by atoms with Gasteiger partial charge in [-0.1, -0.05) is 23.0 Å². The van der Waals surface area contributed by atoms with Crippen LogP contribution in [-0.4, -0.2) is 20.7 Å². The molecule has 0 spiro atoms. The SMILES string of the molecule is Cc1ccc(F)c(-c2nc(C(=O)Nc3cnn(C)c3)c(N)s2)c1. The van der Waals surface area contributed by atoms with Crippen molar-refractivity contribution in [2.24, 2.45) is 7.05 Å². The summed E-state index contributed by atoms with van der Waals surface area (Å²) in [5.74, 6) is -0.852. The summed E-state index contributed by atoms with van der Waals surface area (Å²) in [6, 6.07) is 4.72. The quantitative estimate of drug-likeness (QED) is 0.773. The molecule has 0 aliphatic rings. The first-order valence-corrected chi connectivity index (χ1v) is 7.58. The average molecular weight is 331 g/mol. The van der Waals surface area contributed by atoms with Crippen molar-refractivity contribution >= 4 is 27.9 Å². The molecule has 0 saturated carbocycles. The van der Waals surface area contributed by atoms with Crippen LogP contribution in [0.2, 0.25) is 0 Å². The topological polar surface area (TPSA) is 85.8 Å². The second-order valence-corrected chi connectivity index (χ2v) is 6.10. The largest absolute Gasteiger partial charge is 0.389 e. The van der Waals surface area contributed by atoms with Gasteiger partial charge in [0.1, 0.15) is 15.8 Å². The van der Waals surface area contributed by atoms with Crippen molar-refractivity contribution in [3.63, 3.8) is 0 Å². The molecule has 23 heavy (non-hydrogen) atoms. The minimum absolute atomic E-state index is 0.0785. The summed E-state index contributed by atoms with van der Waals surface area (Å²) in [4.78, 5) is 16.5. The average Bonchev–Trinajstić information content (AvgIpc) is 3.07. The van der Waals surface area contributed by atoms with Crippen LogP contribution in [0, 0.1) is 12.7 Å². The van der Waals surface area contributed by atoms with Crippen molar-refractivity contribution in [2.75, 3.05) is 11.1 Å². The fourth-order valence-electron chi connectivity index (χ4n) is 2.09. The molecule has 0 unspecified atom stereocenters. The zero-order valence-corrected chi connectivity index (χ0v) is 13.3. The molecule has 0 radical (unpaired) electrons. The van der Waals surface area contributed by atoms with Crippen LogP contribution in [0.25, 0.3) is 10.6 Å². The molecule has 0 saturated heterocycles. The lowest BCUT2D eigenvalue weighted by Gasteiger charge is -2.01. The minimum Gasteiger partial charge on any atom is -0.389 e. The lowest BCUT2D eigenvalue weighted by Crippen LogP contribution is -2.13. The number of hydrogen-bond donors (Lipinski definition) is 2. The Balaban J connectivity index is 1.91. The predicted octanol–water partition coefficient (Wildman–Crippen LogP) is 2.83. The Morgan fingerprint density at radius 1 is 1.43 bits per heavy atom. The van der Waals surface area contributed by atoms with Gasteiger partial charge in [-0.3, -0.25) is 9.48 Å². The normalized spacial score (nSPS) is 10.7. The zero-order valence-electron chi connectivity index (χ0n) is 12.5. The van der Waals surface area contributed by atoms with E-state index in [0.717, 1.165) is 16.9 Å². The molecular weight excluding hydrogens is 317 g/mol. The molecule has 3 aromatic rings. The van der Waals surface area contributed by atoms with E-state index >= 15 is 0 Å². The van der Waals surface area contributed by atoms with Crippen LogP contribution >= 0.6 is 11.3 Å². The number of anilines is 2. The van der Waals surface area contributed by atoms with E-state index in [1.54, 1.807) is 30.1 Å². The number of aryl methyl sites for hydroxylation is 2. The van der Waals surface area contributed by atoms with Gasteiger partial charge < -0.3 is 11.1 Å². The lowest BCUT2D eigenvalue weighted by molar-refractivity contribution is 0.102. The highest BCUT2D eigenvalue weighted by atomic mass is 32.1. The number of nitrogens with two attached hydrogens (primary N) is 1. The molecular formula is C15H14FN5OS. The van der Waals surface area contributed by atoms with Gasteiger partial charge in [0.2, 0.25) is 0 Å². The van der Waals surface area contributed by atoms with Crippen LogP contribution in [-0.2, 0) is 7.05 Å². The molecule has 2 heterocycles. The van der Waals surface area contributed by atoms with E-state index in [1.165, 1.54) is 12.3 Å². The summed E-state index contributed by atoms with van der Waals surface area (Å²) in [6.07, 6.45) is 3.17. The van der Waals surface area contributed by atoms with Crippen LogP contribution in [0.1, 0.15) is 16.1 Å². The number of nitrogens with zero attached hydrogens (tertiary/aromatic N) is 3. The van der Waals surface area contributed by atoms with Gasteiger partial charge in [-0.2, -0.15) is 5.10 Å². The predicted molar refractivity (Wildman–Crippen MR) is 87.8 cm³/mol. The highest BCUT2D eigenvalue weighted by Gasteiger charge is 2.19. The molecule has 0 aliphatic heterocycles. The fraction of sp³-hybridized carbons (Fsp3) is 0.133. The highest BCUT2D eigenvalue weighted by molar-refractivity contribution is 7.19. The molecule has 0 fully saturated rings. The third-order valence-electron chi connectivity index (χ3n) is 3.18. The van der Waals surface area contributed by atoms with Crippen molar-refractivity contribution in [3.05, 3.63) is 47.7 Å². The summed E-state index contributed by atoms with van der Waals surface area (Å²) < 4.78 is 15.5. The van der Waals surface area contributed by atoms with Gasteiger partial charge in [-0.25, -0.2) is 9.37 Å². The molecule has 118 valence electrons. The molecule has 8 heteroatoms. The van der Waals surface area contributed by atoms with Gasteiger partial charge in [-0.05, 0) is 19.1 Å². The third kappa shape index (κ3) is 3.07. The fourth-order valence-corrected chi connectivity index (χ4v) is 2.94. The number of carbonyl (C=O) groups is 1. The first kappa shape index (κ1) is 15.2. The van der Waals surface area contributed by atoms with Gasteiger partial charge >= 0.3 is 0 Å². The summed E-state index contributed by atoms with van der Waals surface area (Å²) in [7, 11) is 1.74. The second-order valence-electron chi connectivity index (χ2n) is 5.07. The Bertz CT molecular complexity index is 886. The van der Waals surface area contributed by atoms with Crippen LogP contribution in [0.5, 0.6) is 0 Å². The van der Waals surface area contributed by atoms with Crippen LogP contribution < -0.4 is 11.1 Å². The molecule has 6 nitrogen and oxygen atoms in total. The monoisotopic (exact) mass is 331 g/mol. The van der Waals surface area contributed by atoms with Crippen LogP contribution in [0.15, 0.2) is 30.6 Å². The van der Waals surface area contributed by atoms with Gasteiger partial charge in [0.15, 0.2) is 5.69 Å². The van der Waals surface area contributed by atoms with Gasteiger partial charge in [0.05, 0.1) is 11.9 Å². The Kier molecular flexibility index (Phi) is 3.83. The minimum atomic E-state index is -0.453. The number of amides is 1. The number of hydrogen-bond acceptors (Lipinski definition) is 5. The molecule has 3 N–H and O–H groups in total. The molecule has 1 aromatic carbocycles. The zero-order chi connectivity index (χ0) is 16.6. The number of aromatic nitrogens is 3. The maximum absolute atomic E-state index is 14.0. The number of rotatable bonds is 3. The van der Waals surface area contributed by atoms with Crippen LogP contribution in [0.4, 0.5) is 15.1 Å². The molecule has 0 bridgehead atoms. The lowest BCUT2D eigenvalue weighted by atomic mass is 10.1. The van der Waals surface area contributed by atoms with E-state index in [2.05, 4.69) is 15.4 Å². The van der Waals surface area contributed by atoms with E-state index in [9.17, 15) is 9.18 Å². The summed E-state index contributed by atoms with van der Waals surface area (Å²) in [5, 5.41) is 7.24. The van der Waals surface area contributed by atoms with Crippen molar-refractivity contribution in [2.45, 2.75) is 6.92 Å². The van der Waals surface area contributed by atoms with Gasteiger partial charge in [-0.15, -0.1) is 0 Å². The Morgan fingerprint density at radius 3 is 2.91 bits per heavy atom. The Morgan fingerprint density at radius 2 is 2.22 bits per heavy atom. The van der Waals surface area contributed by atoms with E-state index in [0.29, 0.717) is 16.3 Å². The van der Waals surface area contributed by atoms with E-state index in [1.807, 2.05) is 6.92 Å².